The molecule has 5 rings (SSSR count). The number of hydrogen-bond acceptors (Lipinski definition) is 6. The van der Waals surface area contributed by atoms with Crippen molar-refractivity contribution in [2.75, 3.05) is 15.5 Å². The van der Waals surface area contributed by atoms with Crippen molar-refractivity contribution in [2.24, 2.45) is 0 Å². The molecule has 0 saturated heterocycles. The van der Waals surface area contributed by atoms with Crippen LogP contribution in [0.3, 0.4) is 0 Å². The molecule has 2 aromatic heterocycles. The lowest BCUT2D eigenvalue weighted by Crippen LogP contribution is -2.31. The van der Waals surface area contributed by atoms with Gasteiger partial charge in [0, 0.05) is 23.3 Å². The minimum atomic E-state index is -0.190. The molecular formula is C23H17ClN6O. The van der Waals surface area contributed by atoms with Crippen molar-refractivity contribution in [3.05, 3.63) is 95.4 Å². The summed E-state index contributed by atoms with van der Waals surface area (Å²) < 4.78 is 0. The van der Waals surface area contributed by atoms with Crippen LogP contribution in [0.1, 0.15) is 16.1 Å². The second kappa shape index (κ2) is 8.04. The molecule has 2 N–H and O–H groups in total. The van der Waals surface area contributed by atoms with Gasteiger partial charge in [-0.15, -0.1) is 0 Å². The van der Waals surface area contributed by atoms with Crippen molar-refractivity contribution in [3.63, 3.8) is 0 Å². The third-order valence-electron chi connectivity index (χ3n) is 4.82. The SMILES string of the molecule is O=C(c1ccccn1)N1Cc2cccc(c2)Nc2ncc(Cl)c(n2)Nc2cccc1c2. The predicted molar refractivity (Wildman–Crippen MR) is 121 cm³/mol. The third kappa shape index (κ3) is 4.04. The summed E-state index contributed by atoms with van der Waals surface area (Å²) in [6.45, 7) is 0.369. The number of carbonyl (C=O) groups is 1. The van der Waals surface area contributed by atoms with Crippen LogP contribution >= 0.6 is 11.6 Å². The molecule has 31 heavy (non-hydrogen) atoms. The molecule has 0 aliphatic carbocycles. The molecule has 7 nitrogen and oxygen atoms in total. The number of nitrogens with one attached hydrogen (secondary N) is 2. The van der Waals surface area contributed by atoms with Crippen molar-refractivity contribution in [2.45, 2.75) is 6.54 Å². The molecule has 1 aliphatic rings. The van der Waals surface area contributed by atoms with Gasteiger partial charge < -0.3 is 15.5 Å². The van der Waals surface area contributed by atoms with Crippen molar-refractivity contribution < 1.29 is 4.79 Å². The summed E-state index contributed by atoms with van der Waals surface area (Å²) in [5.74, 6) is 0.694. The van der Waals surface area contributed by atoms with Gasteiger partial charge in [0.25, 0.3) is 5.91 Å². The lowest BCUT2D eigenvalue weighted by Gasteiger charge is -2.23. The molecule has 4 aromatic rings. The monoisotopic (exact) mass is 428 g/mol. The number of benzene rings is 2. The first-order valence-corrected chi connectivity index (χ1v) is 10.0. The summed E-state index contributed by atoms with van der Waals surface area (Å²) in [6.07, 6.45) is 3.16. The normalized spacial score (nSPS) is 12.5. The number of anilines is 5. The highest BCUT2D eigenvalue weighted by atomic mass is 35.5. The molecule has 6 bridgehead atoms. The molecule has 0 fully saturated rings. The molecule has 8 heteroatoms. The second-order valence-corrected chi connectivity index (χ2v) is 7.40. The maximum Gasteiger partial charge on any atom is 0.277 e. The molecule has 0 radical (unpaired) electrons. The molecular weight excluding hydrogens is 412 g/mol. The Balaban J connectivity index is 1.65. The quantitative estimate of drug-likeness (QED) is 0.435. The summed E-state index contributed by atoms with van der Waals surface area (Å²) in [5, 5.41) is 6.81. The van der Waals surface area contributed by atoms with E-state index in [2.05, 4.69) is 25.6 Å². The van der Waals surface area contributed by atoms with Gasteiger partial charge in [0.2, 0.25) is 5.95 Å². The van der Waals surface area contributed by atoms with Gasteiger partial charge >= 0.3 is 0 Å². The van der Waals surface area contributed by atoms with Crippen molar-refractivity contribution >= 4 is 46.3 Å². The molecule has 0 spiro atoms. The van der Waals surface area contributed by atoms with E-state index in [1.807, 2.05) is 48.5 Å². The average Bonchev–Trinajstić information content (AvgIpc) is 2.80. The number of pyridine rings is 1. The number of aromatic nitrogens is 3. The fourth-order valence-electron chi connectivity index (χ4n) is 3.37. The van der Waals surface area contributed by atoms with E-state index in [-0.39, 0.29) is 5.91 Å². The Morgan fingerprint density at radius 1 is 0.935 bits per heavy atom. The lowest BCUT2D eigenvalue weighted by molar-refractivity contribution is 0.0980. The summed E-state index contributed by atoms with van der Waals surface area (Å²) in [4.78, 5) is 28.1. The number of nitrogens with zero attached hydrogens (tertiary/aromatic N) is 4. The van der Waals surface area contributed by atoms with Crippen LogP contribution in [0.5, 0.6) is 0 Å². The van der Waals surface area contributed by atoms with Crippen LogP contribution in [-0.4, -0.2) is 20.9 Å². The van der Waals surface area contributed by atoms with Crippen LogP contribution < -0.4 is 15.5 Å². The van der Waals surface area contributed by atoms with Gasteiger partial charge in [-0.3, -0.25) is 9.78 Å². The van der Waals surface area contributed by atoms with Gasteiger partial charge in [-0.2, -0.15) is 4.98 Å². The van der Waals surface area contributed by atoms with Gasteiger partial charge in [-0.05, 0) is 48.0 Å². The Labute approximate surface area is 183 Å². The van der Waals surface area contributed by atoms with E-state index in [0.29, 0.717) is 29.0 Å². The Hall–Kier alpha value is -3.97. The second-order valence-electron chi connectivity index (χ2n) is 7.00. The smallest absolute Gasteiger partial charge is 0.277 e. The van der Waals surface area contributed by atoms with E-state index in [4.69, 9.17) is 11.6 Å². The van der Waals surface area contributed by atoms with Gasteiger partial charge in [-0.1, -0.05) is 35.9 Å². The number of amides is 1. The number of rotatable bonds is 1. The Bertz CT molecular complexity index is 1260. The number of carbonyl (C=O) groups excluding carboxylic acids is 1. The third-order valence-corrected chi connectivity index (χ3v) is 5.09. The van der Waals surface area contributed by atoms with Crippen LogP contribution in [-0.2, 0) is 6.54 Å². The van der Waals surface area contributed by atoms with Crippen LogP contribution in [0.2, 0.25) is 5.02 Å². The lowest BCUT2D eigenvalue weighted by atomic mass is 10.1. The van der Waals surface area contributed by atoms with E-state index in [9.17, 15) is 4.79 Å². The standard InChI is InChI=1S/C23H17ClN6O/c24-19-13-26-23-28-16-6-3-5-15(11-16)14-30(22(31)20-9-1-2-10-25-20)18-8-4-7-17(12-18)27-21(19)29-23/h1-13H,14H2,(H2,26,27,28,29). The van der Waals surface area contributed by atoms with Crippen molar-refractivity contribution in [1.29, 1.82) is 0 Å². The van der Waals surface area contributed by atoms with Crippen molar-refractivity contribution in [1.82, 2.24) is 15.0 Å². The fourth-order valence-corrected chi connectivity index (χ4v) is 3.51. The highest BCUT2D eigenvalue weighted by Gasteiger charge is 2.20. The Morgan fingerprint density at radius 3 is 2.61 bits per heavy atom. The minimum absolute atomic E-state index is 0.190. The van der Waals surface area contributed by atoms with E-state index in [1.54, 1.807) is 35.5 Å². The molecule has 0 saturated carbocycles. The van der Waals surface area contributed by atoms with Crippen molar-refractivity contribution in [3.8, 4) is 0 Å². The average molecular weight is 429 g/mol. The van der Waals surface area contributed by atoms with Gasteiger partial charge in [-0.25, -0.2) is 4.98 Å². The molecule has 2 aromatic carbocycles. The zero-order chi connectivity index (χ0) is 21.2. The van der Waals surface area contributed by atoms with E-state index in [0.717, 1.165) is 22.6 Å². The molecule has 1 amide bonds. The zero-order valence-electron chi connectivity index (χ0n) is 16.3. The first-order chi connectivity index (χ1) is 15.2. The largest absolute Gasteiger partial charge is 0.339 e. The van der Waals surface area contributed by atoms with E-state index in [1.165, 1.54) is 0 Å². The molecule has 0 atom stereocenters. The van der Waals surface area contributed by atoms with E-state index < -0.39 is 0 Å². The van der Waals surface area contributed by atoms with Crippen LogP contribution in [0.25, 0.3) is 0 Å². The molecule has 1 aliphatic heterocycles. The highest BCUT2D eigenvalue weighted by molar-refractivity contribution is 6.32. The molecule has 3 heterocycles. The fraction of sp³-hybridized carbons (Fsp3) is 0.0435. The first kappa shape index (κ1) is 19.0. The molecule has 152 valence electrons. The topological polar surface area (TPSA) is 83.0 Å². The zero-order valence-corrected chi connectivity index (χ0v) is 17.0. The summed E-state index contributed by atoms with van der Waals surface area (Å²) in [5.41, 5.74) is 3.60. The highest BCUT2D eigenvalue weighted by Crippen LogP contribution is 2.29. The number of hydrogen-bond donors (Lipinski definition) is 2. The maximum absolute atomic E-state index is 13.4. The minimum Gasteiger partial charge on any atom is -0.339 e. The van der Waals surface area contributed by atoms with Crippen LogP contribution in [0.15, 0.2) is 79.1 Å². The Kier molecular flexibility index (Phi) is 4.93. The summed E-state index contributed by atoms with van der Waals surface area (Å²) in [6, 6.07) is 20.6. The van der Waals surface area contributed by atoms with Crippen LogP contribution in [0, 0.1) is 0 Å². The van der Waals surface area contributed by atoms with Gasteiger partial charge in [0.1, 0.15) is 10.7 Å². The number of halogens is 1. The predicted octanol–water partition coefficient (Wildman–Crippen LogP) is 5.17. The maximum atomic E-state index is 13.4. The Morgan fingerprint density at radius 2 is 1.77 bits per heavy atom. The molecule has 0 unspecified atom stereocenters. The van der Waals surface area contributed by atoms with Crippen LogP contribution in [0.4, 0.5) is 28.8 Å². The van der Waals surface area contributed by atoms with Gasteiger partial charge in [0.05, 0.1) is 12.7 Å². The first-order valence-electron chi connectivity index (χ1n) is 9.64. The van der Waals surface area contributed by atoms with E-state index >= 15 is 0 Å². The summed E-state index contributed by atoms with van der Waals surface area (Å²) in [7, 11) is 0. The van der Waals surface area contributed by atoms with Gasteiger partial charge in [0.15, 0.2) is 5.82 Å². The summed E-state index contributed by atoms with van der Waals surface area (Å²) >= 11 is 6.30. The number of fused-ring (bicyclic) bond motifs is 6.